The molecule has 0 aliphatic rings. The van der Waals surface area contributed by atoms with Crippen LogP contribution in [-0.4, -0.2) is 22.1 Å². The van der Waals surface area contributed by atoms with Crippen molar-refractivity contribution in [3.8, 4) is 0 Å². The van der Waals surface area contributed by atoms with Gasteiger partial charge in [0.05, 0.1) is 12.1 Å². The summed E-state index contributed by atoms with van der Waals surface area (Å²) in [6, 6.07) is 1.89. The summed E-state index contributed by atoms with van der Waals surface area (Å²) in [5.74, 6) is 1.14. The second-order valence-corrected chi connectivity index (χ2v) is 5.13. The van der Waals surface area contributed by atoms with Crippen molar-refractivity contribution in [3.05, 3.63) is 18.0 Å². The lowest BCUT2D eigenvalue weighted by Gasteiger charge is -2.15. The van der Waals surface area contributed by atoms with Crippen molar-refractivity contribution in [2.24, 2.45) is 24.6 Å². The molecule has 96 valence electrons. The highest BCUT2D eigenvalue weighted by atomic mass is 16.1. The fourth-order valence-corrected chi connectivity index (χ4v) is 2.08. The Hall–Kier alpha value is -1.16. The average molecular weight is 237 g/mol. The van der Waals surface area contributed by atoms with Gasteiger partial charge >= 0.3 is 0 Å². The third-order valence-corrected chi connectivity index (χ3v) is 2.80. The molecule has 0 amide bonds. The topological polar surface area (TPSA) is 60.9 Å². The summed E-state index contributed by atoms with van der Waals surface area (Å²) < 4.78 is 1.72. The molecular formula is C13H23N3O. The van der Waals surface area contributed by atoms with Gasteiger partial charge in [0.15, 0.2) is 0 Å². The molecule has 17 heavy (non-hydrogen) atoms. The van der Waals surface area contributed by atoms with E-state index < -0.39 is 0 Å². The van der Waals surface area contributed by atoms with Gasteiger partial charge in [-0.2, -0.15) is 5.10 Å². The number of nitrogens with two attached hydrogens (primary N) is 1. The molecule has 1 heterocycles. The molecule has 0 aliphatic heterocycles. The fraction of sp³-hybridized carbons (Fsp3) is 0.692. The third-order valence-electron chi connectivity index (χ3n) is 2.80. The van der Waals surface area contributed by atoms with E-state index in [0.29, 0.717) is 31.2 Å². The Morgan fingerprint density at radius 2 is 2.24 bits per heavy atom. The summed E-state index contributed by atoms with van der Waals surface area (Å²) in [4.78, 5) is 11.9. The van der Waals surface area contributed by atoms with Gasteiger partial charge in [-0.3, -0.25) is 9.48 Å². The van der Waals surface area contributed by atoms with Crippen molar-refractivity contribution in [1.82, 2.24) is 9.78 Å². The quantitative estimate of drug-likeness (QED) is 0.782. The molecule has 1 aromatic rings. The Bertz CT molecular complexity index is 357. The summed E-state index contributed by atoms with van der Waals surface area (Å²) in [7, 11) is 1.86. The lowest BCUT2D eigenvalue weighted by atomic mass is 9.91. The van der Waals surface area contributed by atoms with Crippen LogP contribution in [0.4, 0.5) is 0 Å². The second-order valence-electron chi connectivity index (χ2n) is 5.13. The largest absolute Gasteiger partial charge is 0.330 e. The second kappa shape index (κ2) is 6.55. The van der Waals surface area contributed by atoms with Crippen LogP contribution >= 0.6 is 0 Å². The lowest BCUT2D eigenvalue weighted by molar-refractivity contribution is -0.119. The van der Waals surface area contributed by atoms with Crippen LogP contribution in [0.15, 0.2) is 12.3 Å². The first-order valence-corrected chi connectivity index (χ1v) is 6.21. The highest BCUT2D eigenvalue weighted by Gasteiger charge is 2.15. The molecule has 0 aliphatic carbocycles. The maximum absolute atomic E-state index is 11.9. The number of ketones is 1. The van der Waals surface area contributed by atoms with Gasteiger partial charge in [0.2, 0.25) is 0 Å². The molecule has 1 unspecified atom stereocenters. The Kier molecular flexibility index (Phi) is 5.35. The molecule has 1 rings (SSSR count). The Balaban J connectivity index is 2.42. The minimum Gasteiger partial charge on any atom is -0.330 e. The summed E-state index contributed by atoms with van der Waals surface area (Å²) in [6.45, 7) is 4.91. The number of carbonyl (C=O) groups excluding carboxylic acids is 1. The average Bonchev–Trinajstić information content (AvgIpc) is 2.62. The molecule has 4 heteroatoms. The van der Waals surface area contributed by atoms with E-state index in [2.05, 4.69) is 18.9 Å². The first-order chi connectivity index (χ1) is 8.01. The van der Waals surface area contributed by atoms with Gasteiger partial charge in [0.1, 0.15) is 5.78 Å². The molecule has 0 bridgehead atoms. The van der Waals surface area contributed by atoms with Gasteiger partial charge in [-0.1, -0.05) is 13.8 Å². The Labute approximate surface area is 103 Å². The number of aryl methyl sites for hydroxylation is 1. The summed E-state index contributed by atoms with van der Waals surface area (Å²) in [5, 5.41) is 4.21. The molecule has 0 saturated carbocycles. The Morgan fingerprint density at radius 3 is 2.71 bits per heavy atom. The van der Waals surface area contributed by atoms with Crippen LogP contribution in [-0.2, 0) is 18.3 Å². The zero-order chi connectivity index (χ0) is 12.8. The maximum Gasteiger partial charge on any atom is 0.139 e. The van der Waals surface area contributed by atoms with E-state index in [4.69, 9.17) is 5.73 Å². The molecule has 0 aromatic carbocycles. The minimum atomic E-state index is 0.236. The predicted molar refractivity (Wildman–Crippen MR) is 68.5 cm³/mol. The molecule has 0 saturated heterocycles. The highest BCUT2D eigenvalue weighted by molar-refractivity contribution is 5.80. The molecule has 2 N–H and O–H groups in total. The van der Waals surface area contributed by atoms with Crippen LogP contribution in [0.25, 0.3) is 0 Å². The van der Waals surface area contributed by atoms with Gasteiger partial charge in [0, 0.05) is 19.7 Å². The number of rotatable bonds is 7. The summed E-state index contributed by atoms with van der Waals surface area (Å²) in [5.41, 5.74) is 6.54. The van der Waals surface area contributed by atoms with Crippen molar-refractivity contribution in [2.45, 2.75) is 33.1 Å². The number of Topliss-reactive ketones (excluding diaryl/α,β-unsaturated/α-hetero) is 1. The minimum absolute atomic E-state index is 0.236. The number of aromatic nitrogens is 2. The SMILES string of the molecule is CC(C)CC(CN)CC(=O)Cc1ccn(C)n1. The monoisotopic (exact) mass is 237 g/mol. The predicted octanol–water partition coefficient (Wildman–Crippen LogP) is 1.54. The van der Waals surface area contributed by atoms with Crippen LogP contribution in [0.3, 0.4) is 0 Å². The summed E-state index contributed by atoms with van der Waals surface area (Å²) >= 11 is 0. The fourth-order valence-electron chi connectivity index (χ4n) is 2.08. The molecule has 1 aromatic heterocycles. The first-order valence-electron chi connectivity index (χ1n) is 6.21. The molecular weight excluding hydrogens is 214 g/mol. The van der Waals surface area contributed by atoms with Crippen molar-refractivity contribution < 1.29 is 4.79 Å². The molecule has 4 nitrogen and oxygen atoms in total. The number of hydrogen-bond acceptors (Lipinski definition) is 3. The van der Waals surface area contributed by atoms with E-state index in [-0.39, 0.29) is 5.78 Å². The van der Waals surface area contributed by atoms with Gasteiger partial charge in [-0.05, 0) is 30.9 Å². The maximum atomic E-state index is 11.9. The van der Waals surface area contributed by atoms with E-state index in [1.807, 2.05) is 19.3 Å². The van der Waals surface area contributed by atoms with Crippen LogP contribution in [0, 0.1) is 11.8 Å². The molecule has 1 atom stereocenters. The van der Waals surface area contributed by atoms with E-state index in [9.17, 15) is 4.79 Å². The number of hydrogen-bond donors (Lipinski definition) is 1. The van der Waals surface area contributed by atoms with Crippen molar-refractivity contribution in [2.75, 3.05) is 6.54 Å². The molecule has 0 radical (unpaired) electrons. The van der Waals surface area contributed by atoms with E-state index in [1.54, 1.807) is 4.68 Å². The first kappa shape index (κ1) is 13.9. The normalized spacial score (nSPS) is 13.0. The zero-order valence-corrected chi connectivity index (χ0v) is 11.0. The standard InChI is InChI=1S/C13H23N3O/c1-10(2)6-11(9-14)7-13(17)8-12-4-5-16(3)15-12/h4-5,10-11H,6-9,14H2,1-3H3. The Morgan fingerprint density at radius 1 is 1.53 bits per heavy atom. The van der Waals surface area contributed by atoms with Crippen molar-refractivity contribution >= 4 is 5.78 Å². The molecule has 0 fully saturated rings. The number of carbonyl (C=O) groups is 1. The summed E-state index contributed by atoms with van der Waals surface area (Å²) in [6.07, 6.45) is 3.88. The van der Waals surface area contributed by atoms with Crippen LogP contribution in [0.1, 0.15) is 32.4 Å². The van der Waals surface area contributed by atoms with Crippen LogP contribution in [0.2, 0.25) is 0 Å². The van der Waals surface area contributed by atoms with Crippen molar-refractivity contribution in [3.63, 3.8) is 0 Å². The van der Waals surface area contributed by atoms with Gasteiger partial charge in [-0.25, -0.2) is 0 Å². The van der Waals surface area contributed by atoms with Crippen LogP contribution < -0.4 is 5.73 Å². The zero-order valence-electron chi connectivity index (χ0n) is 11.0. The van der Waals surface area contributed by atoms with Crippen molar-refractivity contribution in [1.29, 1.82) is 0 Å². The van der Waals surface area contributed by atoms with Crippen LogP contribution in [0.5, 0.6) is 0 Å². The van der Waals surface area contributed by atoms with Gasteiger partial charge in [0.25, 0.3) is 0 Å². The highest BCUT2D eigenvalue weighted by Crippen LogP contribution is 2.15. The van der Waals surface area contributed by atoms with E-state index in [1.165, 1.54) is 0 Å². The van der Waals surface area contributed by atoms with E-state index in [0.717, 1.165) is 12.1 Å². The van der Waals surface area contributed by atoms with E-state index >= 15 is 0 Å². The van der Waals surface area contributed by atoms with Gasteiger partial charge in [-0.15, -0.1) is 0 Å². The molecule has 0 spiro atoms. The number of nitrogens with zero attached hydrogens (tertiary/aromatic N) is 2. The smallest absolute Gasteiger partial charge is 0.139 e. The third kappa shape index (κ3) is 5.13. The lowest BCUT2D eigenvalue weighted by Crippen LogP contribution is -2.21. The van der Waals surface area contributed by atoms with Gasteiger partial charge < -0.3 is 5.73 Å².